The molecule has 4 heteroatoms. The van der Waals surface area contributed by atoms with E-state index in [1.165, 1.54) is 11.3 Å². The van der Waals surface area contributed by atoms with Crippen LogP contribution < -0.4 is 10.2 Å². The van der Waals surface area contributed by atoms with Gasteiger partial charge in [0.2, 0.25) is 0 Å². The van der Waals surface area contributed by atoms with Gasteiger partial charge in [-0.15, -0.1) is 0 Å². The molecule has 1 saturated carbocycles. The van der Waals surface area contributed by atoms with Crippen LogP contribution in [0.1, 0.15) is 32.3 Å². The number of benzene rings is 1. The maximum Gasteiger partial charge on any atom is 0.0546 e. The summed E-state index contributed by atoms with van der Waals surface area (Å²) >= 11 is 3.68. The molecule has 3 nitrogen and oxygen atoms in total. The van der Waals surface area contributed by atoms with Crippen molar-refractivity contribution in [3.8, 4) is 0 Å². The fraction of sp³-hybridized carbons (Fsp3) is 0.625. The molecular formula is C16H25BrN2O. The van der Waals surface area contributed by atoms with Crippen molar-refractivity contribution in [3.63, 3.8) is 0 Å². The largest absolute Gasteiger partial charge is 0.393 e. The normalized spacial score (nSPS) is 21.9. The van der Waals surface area contributed by atoms with Crippen molar-refractivity contribution < 1.29 is 5.11 Å². The molecule has 112 valence electrons. The van der Waals surface area contributed by atoms with Gasteiger partial charge in [0.1, 0.15) is 0 Å². The molecule has 1 fully saturated rings. The summed E-state index contributed by atoms with van der Waals surface area (Å²) in [6.45, 7) is 6.22. The van der Waals surface area contributed by atoms with Crippen molar-refractivity contribution in [1.82, 2.24) is 5.32 Å². The van der Waals surface area contributed by atoms with E-state index < -0.39 is 0 Å². The lowest BCUT2D eigenvalue weighted by atomic mass is 9.82. The molecule has 0 spiro atoms. The van der Waals surface area contributed by atoms with Crippen LogP contribution in [0.4, 0.5) is 5.69 Å². The number of aliphatic hydroxyl groups is 1. The minimum atomic E-state index is -0.0682. The zero-order chi connectivity index (χ0) is 14.7. The smallest absolute Gasteiger partial charge is 0.0546 e. The van der Waals surface area contributed by atoms with E-state index in [0.29, 0.717) is 12.0 Å². The Kier molecular flexibility index (Phi) is 5.47. The van der Waals surface area contributed by atoms with Crippen LogP contribution in [0.3, 0.4) is 0 Å². The molecule has 0 radical (unpaired) electrons. The average molecular weight is 341 g/mol. The van der Waals surface area contributed by atoms with Crippen LogP contribution >= 0.6 is 15.9 Å². The molecule has 1 aliphatic rings. The number of anilines is 1. The molecule has 1 aromatic rings. The van der Waals surface area contributed by atoms with Crippen LogP contribution in [0.5, 0.6) is 0 Å². The quantitative estimate of drug-likeness (QED) is 0.834. The van der Waals surface area contributed by atoms with Gasteiger partial charge in [0.15, 0.2) is 0 Å². The monoisotopic (exact) mass is 340 g/mol. The Morgan fingerprint density at radius 1 is 1.40 bits per heavy atom. The highest BCUT2D eigenvalue weighted by molar-refractivity contribution is 9.10. The molecule has 0 heterocycles. The lowest BCUT2D eigenvalue weighted by molar-refractivity contribution is 0.0465. The van der Waals surface area contributed by atoms with E-state index in [0.717, 1.165) is 30.4 Å². The molecule has 2 rings (SSSR count). The van der Waals surface area contributed by atoms with Gasteiger partial charge in [0.05, 0.1) is 11.8 Å². The number of aliphatic hydroxyl groups excluding tert-OH is 1. The highest BCUT2D eigenvalue weighted by atomic mass is 79.9. The van der Waals surface area contributed by atoms with Gasteiger partial charge < -0.3 is 15.3 Å². The summed E-state index contributed by atoms with van der Waals surface area (Å²) < 4.78 is 1.14. The average Bonchev–Trinajstić information content (AvgIpc) is 2.34. The molecule has 2 N–H and O–H groups in total. The Morgan fingerprint density at radius 3 is 2.65 bits per heavy atom. The van der Waals surface area contributed by atoms with Crippen LogP contribution in [-0.4, -0.2) is 30.8 Å². The number of hydrogen-bond acceptors (Lipinski definition) is 3. The molecule has 0 aliphatic heterocycles. The molecule has 0 saturated heterocycles. The van der Waals surface area contributed by atoms with Crippen molar-refractivity contribution in [3.05, 3.63) is 28.2 Å². The first-order valence-corrected chi connectivity index (χ1v) is 8.16. The Labute approximate surface area is 130 Å². The first-order chi connectivity index (χ1) is 9.45. The topological polar surface area (TPSA) is 35.5 Å². The SMILES string of the molecule is CC(C)NCc1ccc(N(C)CC2CC(O)C2)c(Br)c1. The van der Waals surface area contributed by atoms with E-state index in [2.05, 4.69) is 65.2 Å². The molecule has 20 heavy (non-hydrogen) atoms. The molecule has 1 aromatic carbocycles. The van der Waals surface area contributed by atoms with Crippen molar-refractivity contribution in [2.24, 2.45) is 5.92 Å². The highest BCUT2D eigenvalue weighted by Gasteiger charge is 2.28. The lowest BCUT2D eigenvalue weighted by Crippen LogP contribution is -2.37. The molecule has 1 aliphatic carbocycles. The Bertz CT molecular complexity index is 444. The van der Waals surface area contributed by atoms with Gasteiger partial charge in [0, 0.05) is 30.7 Å². The van der Waals surface area contributed by atoms with E-state index in [1.807, 2.05) is 0 Å². The van der Waals surface area contributed by atoms with Gasteiger partial charge in [-0.1, -0.05) is 19.9 Å². The summed E-state index contributed by atoms with van der Waals surface area (Å²) in [4.78, 5) is 2.28. The molecular weight excluding hydrogens is 316 g/mol. The van der Waals surface area contributed by atoms with Crippen LogP contribution in [0, 0.1) is 5.92 Å². The number of hydrogen-bond donors (Lipinski definition) is 2. The third-order valence-corrected chi connectivity index (χ3v) is 4.52. The van der Waals surface area contributed by atoms with Gasteiger partial charge in [-0.25, -0.2) is 0 Å². The van der Waals surface area contributed by atoms with Crippen LogP contribution in [0.25, 0.3) is 0 Å². The van der Waals surface area contributed by atoms with Gasteiger partial charge in [-0.2, -0.15) is 0 Å². The predicted octanol–water partition coefficient (Wildman–Crippen LogP) is 3.15. The lowest BCUT2D eigenvalue weighted by Gasteiger charge is -2.35. The van der Waals surface area contributed by atoms with Gasteiger partial charge >= 0.3 is 0 Å². The summed E-state index contributed by atoms with van der Waals surface area (Å²) in [6, 6.07) is 7.05. The van der Waals surface area contributed by atoms with Crippen molar-refractivity contribution in [1.29, 1.82) is 0 Å². The number of rotatable bonds is 6. The van der Waals surface area contributed by atoms with Gasteiger partial charge in [0.25, 0.3) is 0 Å². The molecule has 0 unspecified atom stereocenters. The predicted molar refractivity (Wildman–Crippen MR) is 88.1 cm³/mol. The van der Waals surface area contributed by atoms with Gasteiger partial charge in [-0.05, 0) is 52.4 Å². The molecule has 0 amide bonds. The molecule has 0 aromatic heterocycles. The minimum absolute atomic E-state index is 0.0682. The summed E-state index contributed by atoms with van der Waals surface area (Å²) in [7, 11) is 2.12. The minimum Gasteiger partial charge on any atom is -0.393 e. The summed E-state index contributed by atoms with van der Waals surface area (Å²) in [5.41, 5.74) is 2.52. The maximum absolute atomic E-state index is 9.36. The van der Waals surface area contributed by atoms with E-state index in [9.17, 15) is 5.11 Å². The van der Waals surface area contributed by atoms with E-state index in [4.69, 9.17) is 0 Å². The van der Waals surface area contributed by atoms with E-state index >= 15 is 0 Å². The molecule has 0 atom stereocenters. The van der Waals surface area contributed by atoms with E-state index in [1.54, 1.807) is 0 Å². The third-order valence-electron chi connectivity index (χ3n) is 3.88. The number of halogens is 1. The van der Waals surface area contributed by atoms with E-state index in [-0.39, 0.29) is 6.10 Å². The van der Waals surface area contributed by atoms with Crippen molar-refractivity contribution in [2.45, 2.75) is 45.4 Å². The fourth-order valence-corrected chi connectivity index (χ4v) is 3.36. The second kappa shape index (κ2) is 6.92. The number of nitrogens with zero attached hydrogens (tertiary/aromatic N) is 1. The van der Waals surface area contributed by atoms with Crippen LogP contribution in [-0.2, 0) is 6.54 Å². The Balaban J connectivity index is 1.94. The first kappa shape index (κ1) is 15.8. The first-order valence-electron chi connectivity index (χ1n) is 7.36. The Hall–Kier alpha value is -0.580. The molecule has 0 bridgehead atoms. The van der Waals surface area contributed by atoms with Crippen LogP contribution in [0.15, 0.2) is 22.7 Å². The number of nitrogens with one attached hydrogen (secondary N) is 1. The standard InChI is InChI=1S/C16H25BrN2O/c1-11(2)18-9-12-4-5-16(15(17)8-12)19(3)10-13-6-14(20)7-13/h4-5,8,11,13-14,18,20H,6-7,9-10H2,1-3H3. The second-order valence-corrected chi connectivity index (χ2v) is 7.05. The second-order valence-electron chi connectivity index (χ2n) is 6.19. The Morgan fingerprint density at radius 2 is 2.10 bits per heavy atom. The van der Waals surface area contributed by atoms with Crippen molar-refractivity contribution in [2.75, 3.05) is 18.5 Å². The summed E-state index contributed by atoms with van der Waals surface area (Å²) in [6.07, 6.45) is 1.82. The fourth-order valence-electron chi connectivity index (χ4n) is 2.63. The zero-order valence-corrected chi connectivity index (χ0v) is 14.2. The third kappa shape index (κ3) is 4.21. The summed E-state index contributed by atoms with van der Waals surface area (Å²) in [5, 5.41) is 12.8. The zero-order valence-electron chi connectivity index (χ0n) is 12.6. The maximum atomic E-state index is 9.36. The summed E-state index contributed by atoms with van der Waals surface area (Å²) in [5.74, 6) is 0.629. The highest BCUT2D eigenvalue weighted by Crippen LogP contribution is 2.32. The van der Waals surface area contributed by atoms with Crippen molar-refractivity contribution >= 4 is 21.6 Å². The van der Waals surface area contributed by atoms with Gasteiger partial charge in [-0.3, -0.25) is 0 Å². The van der Waals surface area contributed by atoms with Crippen LogP contribution in [0.2, 0.25) is 0 Å².